The number of aliphatic hydroxyl groups excluding tert-OH is 1. The molecular weight excluding hydrogens is 170 g/mol. The lowest BCUT2D eigenvalue weighted by Gasteiger charge is -2.30. The maximum atomic E-state index is 9.59. The lowest BCUT2D eigenvalue weighted by molar-refractivity contribution is 0.163. The molecule has 0 bridgehead atoms. The summed E-state index contributed by atoms with van der Waals surface area (Å²) in [6, 6.07) is 0. The summed E-state index contributed by atoms with van der Waals surface area (Å²) < 4.78 is 4.84. The number of hydrogen-bond acceptors (Lipinski definition) is 3. The number of rotatable bonds is 3. The van der Waals surface area contributed by atoms with Crippen LogP contribution >= 0.6 is 0 Å². The van der Waals surface area contributed by atoms with Crippen molar-refractivity contribution in [2.45, 2.75) is 37.6 Å². The molecule has 0 amide bonds. The van der Waals surface area contributed by atoms with Gasteiger partial charge in [-0.3, -0.25) is 5.32 Å². The van der Waals surface area contributed by atoms with Gasteiger partial charge in [-0.15, -0.1) is 0 Å². The van der Waals surface area contributed by atoms with Gasteiger partial charge < -0.3 is 14.6 Å². The predicted molar refractivity (Wildman–Crippen MR) is 50.0 cm³/mol. The van der Waals surface area contributed by atoms with Crippen molar-refractivity contribution in [3.05, 3.63) is 0 Å². The second kappa shape index (κ2) is 4.58. The molecule has 0 unspecified atom stereocenters. The van der Waals surface area contributed by atoms with Crippen LogP contribution in [0.3, 0.4) is 0 Å². The van der Waals surface area contributed by atoms with Crippen molar-refractivity contribution in [2.75, 3.05) is 13.8 Å². The summed E-state index contributed by atoms with van der Waals surface area (Å²) in [7, 11) is 1.45. The zero-order chi connectivity index (χ0) is 9.73. The van der Waals surface area contributed by atoms with Crippen LogP contribution in [0.4, 0.5) is 0 Å². The van der Waals surface area contributed by atoms with Crippen LogP contribution < -0.4 is 5.32 Å². The molecule has 0 saturated heterocycles. The molecule has 0 spiro atoms. The van der Waals surface area contributed by atoms with Crippen LogP contribution in [0.15, 0.2) is 0 Å². The first-order valence-corrected chi connectivity index (χ1v) is 4.71. The molecule has 76 valence electrons. The fourth-order valence-electron chi connectivity index (χ4n) is 1.97. The van der Waals surface area contributed by atoms with Gasteiger partial charge in [-0.25, -0.2) is 0 Å². The van der Waals surface area contributed by atoms with Gasteiger partial charge >= 0.3 is 5.97 Å². The summed E-state index contributed by atoms with van der Waals surface area (Å²) >= 11 is 0. The second-order valence-corrected chi connectivity index (χ2v) is 3.49. The van der Waals surface area contributed by atoms with E-state index in [9.17, 15) is 4.79 Å². The first-order chi connectivity index (χ1) is 6.25. The van der Waals surface area contributed by atoms with E-state index in [0.717, 1.165) is 25.7 Å². The van der Waals surface area contributed by atoms with Crippen molar-refractivity contribution in [3.63, 3.8) is 0 Å². The second-order valence-electron chi connectivity index (χ2n) is 3.49. The molecule has 4 nitrogen and oxygen atoms in total. The third-order valence-corrected chi connectivity index (χ3v) is 2.73. The van der Waals surface area contributed by atoms with Crippen LogP contribution in [0.1, 0.15) is 32.1 Å². The molecule has 1 fully saturated rings. The third-order valence-electron chi connectivity index (χ3n) is 2.73. The van der Waals surface area contributed by atoms with Crippen molar-refractivity contribution < 1.29 is 14.6 Å². The van der Waals surface area contributed by atoms with Crippen LogP contribution in [0.5, 0.6) is 0 Å². The van der Waals surface area contributed by atoms with Crippen LogP contribution in [-0.4, -0.2) is 35.2 Å². The van der Waals surface area contributed by atoms with E-state index in [1.54, 1.807) is 0 Å². The number of hydrogen-bond donors (Lipinski definition) is 2. The van der Waals surface area contributed by atoms with E-state index < -0.39 is 5.54 Å². The zero-order valence-corrected chi connectivity index (χ0v) is 8.05. The maximum Gasteiger partial charge on any atom is 0.503 e. The highest BCUT2D eigenvalue weighted by Crippen LogP contribution is 2.28. The highest BCUT2D eigenvalue weighted by molar-refractivity contribution is 5.81. The minimum absolute atomic E-state index is 0.00116. The molecule has 0 radical (unpaired) electrons. The number of esters is 1. The smallest absolute Gasteiger partial charge is 0.381 e. The van der Waals surface area contributed by atoms with Crippen LogP contribution in [-0.2, 0) is 4.74 Å². The van der Waals surface area contributed by atoms with Gasteiger partial charge in [-0.2, -0.15) is 0 Å². The van der Waals surface area contributed by atoms with Crippen molar-refractivity contribution in [1.29, 1.82) is 0 Å². The van der Waals surface area contributed by atoms with Crippen molar-refractivity contribution in [3.8, 4) is 0 Å². The van der Waals surface area contributed by atoms with Crippen molar-refractivity contribution in [2.24, 2.45) is 0 Å². The Balaban J connectivity index is 2.66. The Hall–Kier alpha value is -0.610. The Morgan fingerprint density at radius 3 is 2.54 bits per heavy atom. The monoisotopic (exact) mass is 188 g/mol. The molecule has 1 rings (SSSR count). The van der Waals surface area contributed by atoms with E-state index in [-0.39, 0.29) is 12.7 Å². The Labute approximate surface area is 78.3 Å². The molecule has 0 aliphatic heterocycles. The van der Waals surface area contributed by atoms with Crippen molar-refractivity contribution >= 4 is 5.97 Å². The molecular formula is C9H18NO3+. The minimum atomic E-state index is -0.512. The standard InChI is InChI=1S/C9H17NO3/c1-13-8(12)9(10-7-11)5-3-2-4-6-9/h10-11H,2-7H2,1H3/p+1. The summed E-state index contributed by atoms with van der Waals surface area (Å²) in [6.07, 6.45) is 4.95. The van der Waals surface area contributed by atoms with Crippen LogP contribution in [0.25, 0.3) is 0 Å². The molecule has 0 aromatic carbocycles. The Morgan fingerprint density at radius 1 is 1.46 bits per heavy atom. The normalized spacial score (nSPS) is 21.1. The fourth-order valence-corrected chi connectivity index (χ4v) is 1.97. The first kappa shape index (κ1) is 10.5. The summed E-state index contributed by atoms with van der Waals surface area (Å²) in [5, 5.41) is 11.7. The quantitative estimate of drug-likeness (QED) is 0.382. The van der Waals surface area contributed by atoms with E-state index in [1.807, 2.05) is 0 Å². The van der Waals surface area contributed by atoms with Crippen LogP contribution in [0.2, 0.25) is 0 Å². The average molecular weight is 188 g/mol. The van der Waals surface area contributed by atoms with Gasteiger partial charge in [0.2, 0.25) is 0 Å². The number of aliphatic hydroxyl groups is 1. The lowest BCUT2D eigenvalue weighted by Crippen LogP contribution is -2.54. The summed E-state index contributed by atoms with van der Waals surface area (Å²) in [4.78, 5) is 9.59. The fraction of sp³-hybridized carbons (Fsp3) is 0.889. The zero-order valence-electron chi connectivity index (χ0n) is 8.05. The van der Waals surface area contributed by atoms with E-state index in [1.165, 1.54) is 13.5 Å². The van der Waals surface area contributed by atoms with Crippen LogP contribution in [0, 0.1) is 0 Å². The predicted octanol–water partition coefficient (Wildman–Crippen LogP) is 0.377. The van der Waals surface area contributed by atoms with Gasteiger partial charge in [0.1, 0.15) is 0 Å². The van der Waals surface area contributed by atoms with E-state index in [2.05, 4.69) is 5.32 Å². The third kappa shape index (κ3) is 2.19. The van der Waals surface area contributed by atoms with Gasteiger partial charge in [0, 0.05) is 0 Å². The number of carbonyl (C=O) groups excluding carboxylic acids is 1. The number of nitrogens with one attached hydrogen (secondary N) is 1. The van der Waals surface area contributed by atoms with Gasteiger partial charge in [-0.05, 0) is 12.8 Å². The highest BCUT2D eigenvalue weighted by Gasteiger charge is 2.45. The van der Waals surface area contributed by atoms with Gasteiger partial charge in [-0.1, -0.05) is 19.3 Å². The van der Waals surface area contributed by atoms with Gasteiger partial charge in [0.15, 0.2) is 12.6 Å². The molecule has 0 heterocycles. The topological polar surface area (TPSA) is 62.9 Å². The highest BCUT2D eigenvalue weighted by atomic mass is 16.5. The maximum absolute atomic E-state index is 9.59. The first-order valence-electron chi connectivity index (χ1n) is 4.71. The Bertz CT molecular complexity index is 170. The van der Waals surface area contributed by atoms with Gasteiger partial charge in [0.25, 0.3) is 0 Å². The Morgan fingerprint density at radius 2 is 2.08 bits per heavy atom. The van der Waals surface area contributed by atoms with E-state index in [4.69, 9.17) is 9.84 Å². The van der Waals surface area contributed by atoms with Gasteiger partial charge in [0.05, 0.1) is 6.73 Å². The summed E-state index contributed by atoms with van der Waals surface area (Å²) in [6.45, 7) is -0.132. The molecule has 0 aromatic rings. The molecule has 0 atom stereocenters. The molecule has 1 aliphatic rings. The minimum Gasteiger partial charge on any atom is -0.381 e. The summed E-state index contributed by atoms with van der Waals surface area (Å²) in [5.74, 6) is 0.00116. The lowest BCUT2D eigenvalue weighted by atomic mass is 9.82. The van der Waals surface area contributed by atoms with E-state index >= 15 is 0 Å². The summed E-state index contributed by atoms with van der Waals surface area (Å²) in [5.41, 5.74) is -0.512. The SMILES string of the molecule is COC(=[OH+])C1(NCO)CCCCC1. The largest absolute Gasteiger partial charge is 0.503 e. The molecule has 4 heteroatoms. The number of ether oxygens (including phenoxy) is 1. The average Bonchev–Trinajstić information content (AvgIpc) is 2.18. The molecule has 0 aromatic heterocycles. The number of methoxy groups -OCH3 is 1. The molecule has 13 heavy (non-hydrogen) atoms. The molecule has 1 saturated carbocycles. The van der Waals surface area contributed by atoms with E-state index in [0.29, 0.717) is 0 Å². The Kier molecular flexibility index (Phi) is 3.69. The molecule has 1 aliphatic carbocycles. The molecule has 3 N–H and O–H groups in total. The van der Waals surface area contributed by atoms with Crippen molar-refractivity contribution in [1.82, 2.24) is 5.32 Å².